The second-order valence-electron chi connectivity index (χ2n) is 4.76. The van der Waals surface area contributed by atoms with Crippen LogP contribution in [0.15, 0.2) is 23.1 Å². The molecule has 0 unspecified atom stereocenters. The summed E-state index contributed by atoms with van der Waals surface area (Å²) in [6.45, 7) is 5.18. The minimum absolute atomic E-state index is 0.146. The zero-order chi connectivity index (χ0) is 15.8. The lowest BCUT2D eigenvalue weighted by Gasteiger charge is -2.12. The molecule has 21 heavy (non-hydrogen) atoms. The molecule has 0 bridgehead atoms. The van der Waals surface area contributed by atoms with Gasteiger partial charge in [-0.2, -0.15) is 5.10 Å². The predicted octanol–water partition coefficient (Wildman–Crippen LogP) is 1.77. The van der Waals surface area contributed by atoms with Crippen molar-refractivity contribution in [3.8, 4) is 0 Å². The predicted molar refractivity (Wildman–Crippen MR) is 85.9 cm³/mol. The summed E-state index contributed by atoms with van der Waals surface area (Å²) >= 11 is 4.89. The van der Waals surface area contributed by atoms with Crippen LogP contribution in [0.3, 0.4) is 0 Å². The van der Waals surface area contributed by atoms with Crippen molar-refractivity contribution < 1.29 is 8.42 Å². The molecule has 0 saturated heterocycles. The molecule has 0 saturated carbocycles. The molecule has 0 spiro atoms. The first-order chi connectivity index (χ1) is 9.72. The van der Waals surface area contributed by atoms with E-state index >= 15 is 0 Å². The monoisotopic (exact) mass is 324 g/mol. The van der Waals surface area contributed by atoms with Crippen LogP contribution in [0.1, 0.15) is 22.5 Å². The minimum Gasteiger partial charge on any atom is -0.389 e. The van der Waals surface area contributed by atoms with Crippen molar-refractivity contribution in [3.63, 3.8) is 0 Å². The van der Waals surface area contributed by atoms with E-state index in [1.165, 1.54) is 6.07 Å². The molecule has 0 radical (unpaired) electrons. The highest BCUT2D eigenvalue weighted by molar-refractivity contribution is 7.92. The van der Waals surface area contributed by atoms with E-state index in [2.05, 4.69) is 14.9 Å². The Morgan fingerprint density at radius 1 is 1.33 bits per heavy atom. The van der Waals surface area contributed by atoms with E-state index in [1.54, 1.807) is 32.9 Å². The molecule has 1 aromatic carbocycles. The van der Waals surface area contributed by atoms with Crippen molar-refractivity contribution >= 4 is 32.9 Å². The number of benzene rings is 1. The second kappa shape index (κ2) is 5.45. The highest BCUT2D eigenvalue weighted by atomic mass is 32.2. The number of anilines is 1. The van der Waals surface area contributed by atoms with Crippen molar-refractivity contribution in [3.05, 3.63) is 40.7 Å². The Kier molecular flexibility index (Phi) is 4.02. The zero-order valence-corrected chi connectivity index (χ0v) is 13.5. The maximum atomic E-state index is 12.6. The van der Waals surface area contributed by atoms with Crippen molar-refractivity contribution in [1.82, 2.24) is 10.2 Å². The van der Waals surface area contributed by atoms with E-state index in [0.717, 1.165) is 0 Å². The van der Waals surface area contributed by atoms with Gasteiger partial charge in [-0.1, -0.05) is 24.4 Å². The molecular weight excluding hydrogens is 308 g/mol. The molecule has 0 aliphatic heterocycles. The van der Waals surface area contributed by atoms with Crippen molar-refractivity contribution in [2.75, 3.05) is 4.72 Å². The molecule has 2 aromatic rings. The quantitative estimate of drug-likeness (QED) is 0.744. The van der Waals surface area contributed by atoms with Crippen LogP contribution < -0.4 is 10.5 Å². The van der Waals surface area contributed by atoms with Crippen molar-refractivity contribution in [2.24, 2.45) is 5.73 Å². The van der Waals surface area contributed by atoms with E-state index in [0.29, 0.717) is 28.2 Å². The Labute approximate surface area is 128 Å². The number of hydrogen-bond donors (Lipinski definition) is 3. The number of hydrogen-bond acceptors (Lipinski definition) is 4. The summed E-state index contributed by atoms with van der Waals surface area (Å²) in [6, 6.07) is 4.86. The van der Waals surface area contributed by atoms with Gasteiger partial charge in [0.25, 0.3) is 10.0 Å². The van der Waals surface area contributed by atoms with E-state index in [-0.39, 0.29) is 9.88 Å². The summed E-state index contributed by atoms with van der Waals surface area (Å²) in [5, 5.41) is 6.71. The lowest BCUT2D eigenvalue weighted by Crippen LogP contribution is -2.17. The number of thiocarbonyl (C=S) groups is 1. The molecule has 112 valence electrons. The number of aromatic amines is 1. The van der Waals surface area contributed by atoms with Gasteiger partial charge in [0.15, 0.2) is 0 Å². The molecule has 1 heterocycles. The first-order valence-corrected chi connectivity index (χ1v) is 8.06. The first kappa shape index (κ1) is 15.5. The van der Waals surface area contributed by atoms with Crippen LogP contribution in [0.2, 0.25) is 0 Å². The third kappa shape index (κ3) is 3.06. The van der Waals surface area contributed by atoms with Gasteiger partial charge in [0, 0.05) is 5.56 Å². The third-order valence-corrected chi connectivity index (χ3v) is 4.85. The van der Waals surface area contributed by atoms with Crippen LogP contribution in [-0.2, 0) is 10.0 Å². The average Bonchev–Trinajstić information content (AvgIpc) is 2.70. The van der Waals surface area contributed by atoms with Gasteiger partial charge in [-0.3, -0.25) is 9.82 Å². The minimum atomic E-state index is -3.74. The normalized spacial score (nSPS) is 11.4. The van der Waals surface area contributed by atoms with Gasteiger partial charge in [-0.15, -0.1) is 0 Å². The third-order valence-electron chi connectivity index (χ3n) is 3.13. The molecule has 0 aliphatic rings. The number of nitrogens with two attached hydrogens (primary N) is 1. The highest BCUT2D eigenvalue weighted by Crippen LogP contribution is 2.24. The van der Waals surface area contributed by atoms with E-state index < -0.39 is 10.0 Å². The highest BCUT2D eigenvalue weighted by Gasteiger charge is 2.20. The molecular formula is C13H16N4O2S2. The Morgan fingerprint density at radius 3 is 2.52 bits per heavy atom. The van der Waals surface area contributed by atoms with Crippen LogP contribution >= 0.6 is 12.2 Å². The number of rotatable bonds is 4. The van der Waals surface area contributed by atoms with Crippen LogP contribution in [0.25, 0.3) is 0 Å². The fourth-order valence-electron chi connectivity index (χ4n) is 1.93. The van der Waals surface area contributed by atoms with Gasteiger partial charge in [0.1, 0.15) is 4.99 Å². The van der Waals surface area contributed by atoms with Gasteiger partial charge in [0.2, 0.25) is 0 Å². The van der Waals surface area contributed by atoms with Crippen LogP contribution in [0, 0.1) is 20.8 Å². The molecule has 1 aromatic heterocycles. The van der Waals surface area contributed by atoms with Gasteiger partial charge in [0.05, 0.1) is 22.0 Å². The Morgan fingerprint density at radius 2 is 2.00 bits per heavy atom. The topological polar surface area (TPSA) is 101 Å². The fraction of sp³-hybridized carbons (Fsp3) is 0.231. The number of aryl methyl sites for hydroxylation is 3. The van der Waals surface area contributed by atoms with Crippen molar-refractivity contribution in [2.45, 2.75) is 25.7 Å². The summed E-state index contributed by atoms with van der Waals surface area (Å²) in [6.07, 6.45) is 0. The van der Waals surface area contributed by atoms with Gasteiger partial charge < -0.3 is 5.73 Å². The smallest absolute Gasteiger partial charge is 0.262 e. The molecule has 6 nitrogen and oxygen atoms in total. The fourth-order valence-corrected chi connectivity index (χ4v) is 3.51. The average molecular weight is 324 g/mol. The molecule has 8 heteroatoms. The standard InChI is InChI=1S/C13H16N4O2S2/c1-7-4-5-10(13(14)20)6-11(7)21(18,19)17-12-8(2)15-16-9(12)3/h4-6,17H,1-3H3,(H2,14,20)(H,15,16). The van der Waals surface area contributed by atoms with Crippen LogP contribution in [-0.4, -0.2) is 23.6 Å². The number of H-pyrrole nitrogens is 1. The molecule has 0 amide bonds. The number of nitrogens with zero attached hydrogens (tertiary/aromatic N) is 1. The second-order valence-corrected chi connectivity index (χ2v) is 6.85. The summed E-state index contributed by atoms with van der Waals surface area (Å²) in [5.74, 6) is 0. The van der Waals surface area contributed by atoms with Crippen molar-refractivity contribution in [1.29, 1.82) is 0 Å². The van der Waals surface area contributed by atoms with E-state index in [4.69, 9.17) is 18.0 Å². The van der Waals surface area contributed by atoms with Gasteiger partial charge >= 0.3 is 0 Å². The Balaban J connectivity index is 2.49. The van der Waals surface area contributed by atoms with E-state index in [1.807, 2.05) is 0 Å². The first-order valence-electron chi connectivity index (χ1n) is 6.17. The van der Waals surface area contributed by atoms with Gasteiger partial charge in [-0.05, 0) is 32.4 Å². The Bertz CT molecular complexity index is 790. The lowest BCUT2D eigenvalue weighted by molar-refractivity contribution is 0.600. The summed E-state index contributed by atoms with van der Waals surface area (Å²) < 4.78 is 27.7. The largest absolute Gasteiger partial charge is 0.389 e. The Hall–Kier alpha value is -1.93. The molecule has 4 N–H and O–H groups in total. The zero-order valence-electron chi connectivity index (χ0n) is 11.9. The maximum Gasteiger partial charge on any atom is 0.262 e. The maximum absolute atomic E-state index is 12.6. The lowest BCUT2D eigenvalue weighted by atomic mass is 10.1. The number of nitrogens with one attached hydrogen (secondary N) is 2. The SMILES string of the molecule is Cc1ccc(C(N)=S)cc1S(=O)(=O)Nc1c(C)n[nH]c1C. The van der Waals surface area contributed by atoms with E-state index in [9.17, 15) is 8.42 Å². The molecule has 0 atom stereocenters. The summed E-state index contributed by atoms with van der Waals surface area (Å²) in [7, 11) is -3.74. The number of aromatic nitrogens is 2. The van der Waals surface area contributed by atoms with Crippen LogP contribution in [0.5, 0.6) is 0 Å². The summed E-state index contributed by atoms with van der Waals surface area (Å²) in [4.78, 5) is 0.301. The number of sulfonamides is 1. The molecule has 2 rings (SSSR count). The summed E-state index contributed by atoms with van der Waals surface area (Å²) in [5.41, 5.74) is 8.37. The van der Waals surface area contributed by atoms with Gasteiger partial charge in [-0.25, -0.2) is 8.42 Å². The molecule has 0 fully saturated rings. The molecule has 0 aliphatic carbocycles. The van der Waals surface area contributed by atoms with Crippen LogP contribution in [0.4, 0.5) is 5.69 Å².